The van der Waals surface area contributed by atoms with E-state index in [0.29, 0.717) is 18.4 Å². The van der Waals surface area contributed by atoms with E-state index in [2.05, 4.69) is 25.9 Å². The Morgan fingerprint density at radius 2 is 2.16 bits per heavy atom. The molecule has 0 atom stereocenters. The lowest BCUT2D eigenvalue weighted by Gasteiger charge is -2.06. The zero-order chi connectivity index (χ0) is 13.7. The lowest BCUT2D eigenvalue weighted by Crippen LogP contribution is -2.38. The summed E-state index contributed by atoms with van der Waals surface area (Å²) in [4.78, 5) is 31.2. The second kappa shape index (κ2) is 6.12. The van der Waals surface area contributed by atoms with Gasteiger partial charge in [0.25, 0.3) is 5.91 Å². The predicted molar refractivity (Wildman–Crippen MR) is 69.7 cm³/mol. The summed E-state index contributed by atoms with van der Waals surface area (Å²) in [6, 6.07) is 0.293. The molecule has 0 bridgehead atoms. The van der Waals surface area contributed by atoms with Crippen molar-refractivity contribution in [1.82, 2.24) is 20.6 Å². The third-order valence-electron chi connectivity index (χ3n) is 2.58. The van der Waals surface area contributed by atoms with Gasteiger partial charge in [0.05, 0.1) is 18.9 Å². The molecule has 2 rings (SSSR count). The lowest BCUT2D eigenvalue weighted by molar-refractivity contribution is -0.120. The van der Waals surface area contributed by atoms with Crippen molar-refractivity contribution in [2.45, 2.75) is 25.8 Å². The van der Waals surface area contributed by atoms with Crippen LogP contribution in [0.3, 0.4) is 0 Å². The Bertz CT molecular complexity index is 473. The zero-order valence-corrected chi connectivity index (χ0v) is 10.8. The Labute approximate surface area is 111 Å². The Kier molecular flexibility index (Phi) is 4.27. The Balaban J connectivity index is 1.84. The molecule has 3 N–H and O–H groups in total. The largest absolute Gasteiger partial charge is 0.369 e. The molecule has 0 unspecified atom stereocenters. The number of hydrogen-bond acceptors (Lipinski definition) is 5. The zero-order valence-electron chi connectivity index (χ0n) is 10.8. The van der Waals surface area contributed by atoms with Crippen LogP contribution in [0.4, 0.5) is 5.82 Å². The third kappa shape index (κ3) is 4.20. The van der Waals surface area contributed by atoms with Crippen molar-refractivity contribution in [3.63, 3.8) is 0 Å². The van der Waals surface area contributed by atoms with E-state index in [0.717, 1.165) is 12.8 Å². The Morgan fingerprint density at radius 3 is 2.84 bits per heavy atom. The van der Waals surface area contributed by atoms with E-state index in [-0.39, 0.29) is 18.1 Å². The van der Waals surface area contributed by atoms with Crippen LogP contribution in [0.15, 0.2) is 12.4 Å². The molecule has 1 aromatic heterocycles. The van der Waals surface area contributed by atoms with Crippen LogP contribution in [0.2, 0.25) is 0 Å². The molecule has 2 amide bonds. The molecule has 19 heavy (non-hydrogen) atoms. The number of rotatable bonds is 6. The van der Waals surface area contributed by atoms with Gasteiger partial charge < -0.3 is 16.0 Å². The molecule has 1 aliphatic carbocycles. The monoisotopic (exact) mass is 263 g/mol. The summed E-state index contributed by atoms with van der Waals surface area (Å²) in [5.74, 6) is -0.0394. The first-order valence-corrected chi connectivity index (χ1v) is 6.32. The van der Waals surface area contributed by atoms with Gasteiger partial charge in [-0.25, -0.2) is 4.98 Å². The molecule has 0 saturated heterocycles. The van der Waals surface area contributed by atoms with Crippen molar-refractivity contribution < 1.29 is 9.59 Å². The molecule has 0 radical (unpaired) electrons. The molecule has 1 aromatic rings. The lowest BCUT2D eigenvalue weighted by atomic mass is 10.4. The second-order valence-electron chi connectivity index (χ2n) is 4.34. The molecule has 7 heteroatoms. The molecular weight excluding hydrogens is 246 g/mol. The molecule has 7 nitrogen and oxygen atoms in total. The Morgan fingerprint density at radius 1 is 1.37 bits per heavy atom. The standard InChI is InChI=1S/C12H17N5O2/c1-2-14-10-6-13-5-9(17-10)12(19)15-7-11(18)16-8-3-4-8/h5-6,8H,2-4,7H2,1H3,(H,14,17)(H,15,19)(H,16,18). The summed E-state index contributed by atoms with van der Waals surface area (Å²) in [6.45, 7) is 2.59. The Hall–Kier alpha value is -2.18. The SMILES string of the molecule is CCNc1cncc(C(=O)NCC(=O)NC2CC2)n1. The summed E-state index contributed by atoms with van der Waals surface area (Å²) >= 11 is 0. The van der Waals surface area contributed by atoms with Crippen LogP contribution < -0.4 is 16.0 Å². The number of hydrogen-bond donors (Lipinski definition) is 3. The maximum Gasteiger partial charge on any atom is 0.272 e. The van der Waals surface area contributed by atoms with E-state index in [4.69, 9.17) is 0 Å². The highest BCUT2D eigenvalue weighted by Crippen LogP contribution is 2.18. The van der Waals surface area contributed by atoms with Gasteiger partial charge in [-0.2, -0.15) is 0 Å². The summed E-state index contributed by atoms with van der Waals surface area (Å²) in [5.41, 5.74) is 0.192. The minimum absolute atomic E-state index is 0.0392. The van der Waals surface area contributed by atoms with Gasteiger partial charge in [0.2, 0.25) is 5.91 Å². The van der Waals surface area contributed by atoms with Crippen molar-refractivity contribution >= 4 is 17.6 Å². The van der Waals surface area contributed by atoms with Crippen molar-refractivity contribution in [2.75, 3.05) is 18.4 Å². The van der Waals surface area contributed by atoms with Crippen LogP contribution in [0, 0.1) is 0 Å². The van der Waals surface area contributed by atoms with Crippen molar-refractivity contribution in [1.29, 1.82) is 0 Å². The topological polar surface area (TPSA) is 96.0 Å². The fraction of sp³-hybridized carbons (Fsp3) is 0.500. The number of nitrogens with one attached hydrogen (secondary N) is 3. The van der Waals surface area contributed by atoms with Gasteiger partial charge in [0.1, 0.15) is 11.5 Å². The highest BCUT2D eigenvalue weighted by atomic mass is 16.2. The molecular formula is C12H17N5O2. The van der Waals surface area contributed by atoms with Gasteiger partial charge in [-0.15, -0.1) is 0 Å². The van der Waals surface area contributed by atoms with Gasteiger partial charge in [0.15, 0.2) is 0 Å². The number of carbonyl (C=O) groups is 2. The maximum absolute atomic E-state index is 11.8. The van der Waals surface area contributed by atoms with E-state index in [9.17, 15) is 9.59 Å². The number of carbonyl (C=O) groups excluding carboxylic acids is 2. The first-order valence-electron chi connectivity index (χ1n) is 6.32. The normalized spacial score (nSPS) is 13.7. The molecule has 0 spiro atoms. The summed E-state index contributed by atoms with van der Waals surface area (Å²) in [6.07, 6.45) is 4.96. The van der Waals surface area contributed by atoms with Gasteiger partial charge in [-0.3, -0.25) is 14.6 Å². The summed E-state index contributed by atoms with van der Waals surface area (Å²) in [5, 5.41) is 8.28. The minimum Gasteiger partial charge on any atom is -0.369 e. The average Bonchev–Trinajstić information content (AvgIpc) is 3.20. The third-order valence-corrected chi connectivity index (χ3v) is 2.58. The average molecular weight is 263 g/mol. The molecule has 1 fully saturated rings. The van der Waals surface area contributed by atoms with Crippen LogP contribution in [0.1, 0.15) is 30.3 Å². The molecule has 1 aliphatic rings. The van der Waals surface area contributed by atoms with Crippen LogP contribution in [-0.2, 0) is 4.79 Å². The molecule has 0 aromatic carbocycles. The van der Waals surface area contributed by atoms with Crippen LogP contribution >= 0.6 is 0 Å². The van der Waals surface area contributed by atoms with E-state index in [1.807, 2.05) is 6.92 Å². The molecule has 0 aliphatic heterocycles. The van der Waals surface area contributed by atoms with Crippen LogP contribution in [-0.4, -0.2) is 40.9 Å². The molecule has 102 valence electrons. The minimum atomic E-state index is -0.404. The number of amides is 2. The number of nitrogens with zero attached hydrogens (tertiary/aromatic N) is 2. The number of anilines is 1. The molecule has 1 heterocycles. The quantitative estimate of drug-likeness (QED) is 0.667. The van der Waals surface area contributed by atoms with Crippen molar-refractivity contribution in [3.05, 3.63) is 18.1 Å². The van der Waals surface area contributed by atoms with Gasteiger partial charge in [-0.05, 0) is 19.8 Å². The first kappa shape index (κ1) is 13.3. The van der Waals surface area contributed by atoms with Gasteiger partial charge in [-0.1, -0.05) is 0 Å². The van der Waals surface area contributed by atoms with E-state index in [1.165, 1.54) is 6.20 Å². The maximum atomic E-state index is 11.8. The van der Waals surface area contributed by atoms with Crippen molar-refractivity contribution in [2.24, 2.45) is 0 Å². The predicted octanol–water partition coefficient (Wildman–Crippen LogP) is -0.0832. The van der Waals surface area contributed by atoms with Crippen molar-refractivity contribution in [3.8, 4) is 0 Å². The summed E-state index contributed by atoms with van der Waals surface area (Å²) in [7, 11) is 0. The second-order valence-corrected chi connectivity index (χ2v) is 4.34. The van der Waals surface area contributed by atoms with Crippen LogP contribution in [0.25, 0.3) is 0 Å². The van der Waals surface area contributed by atoms with E-state index >= 15 is 0 Å². The van der Waals surface area contributed by atoms with E-state index in [1.54, 1.807) is 6.20 Å². The highest BCUT2D eigenvalue weighted by Gasteiger charge is 2.23. The van der Waals surface area contributed by atoms with Crippen LogP contribution in [0.5, 0.6) is 0 Å². The highest BCUT2D eigenvalue weighted by molar-refractivity contribution is 5.94. The number of aromatic nitrogens is 2. The van der Waals surface area contributed by atoms with Gasteiger partial charge in [0, 0.05) is 12.6 Å². The van der Waals surface area contributed by atoms with Gasteiger partial charge >= 0.3 is 0 Å². The first-order chi connectivity index (χ1) is 9.19. The molecule has 1 saturated carbocycles. The fourth-order valence-corrected chi connectivity index (χ4v) is 1.50. The fourth-order valence-electron chi connectivity index (χ4n) is 1.50. The summed E-state index contributed by atoms with van der Waals surface area (Å²) < 4.78 is 0. The van der Waals surface area contributed by atoms with E-state index < -0.39 is 5.91 Å². The smallest absolute Gasteiger partial charge is 0.272 e.